The van der Waals surface area contributed by atoms with Crippen LogP contribution < -0.4 is 17.0 Å². The van der Waals surface area contributed by atoms with Gasteiger partial charge < -0.3 is 26.6 Å². The summed E-state index contributed by atoms with van der Waals surface area (Å²) in [5, 5.41) is 12.3. The largest absolute Gasteiger partial charge is 1.00 e. The van der Waals surface area contributed by atoms with Crippen LogP contribution in [0.15, 0.2) is 60.7 Å². The Morgan fingerprint density at radius 2 is 1.39 bits per heavy atom. The number of nitrogens with zero attached hydrogens (tertiary/aromatic N) is 1. The van der Waals surface area contributed by atoms with Crippen LogP contribution in [0.2, 0.25) is 0 Å². The second-order valence-corrected chi connectivity index (χ2v) is 8.95. The van der Waals surface area contributed by atoms with Crippen LogP contribution in [0.1, 0.15) is 56.6 Å². The molecular weight excluding hydrogens is 410 g/mol. The van der Waals surface area contributed by atoms with Gasteiger partial charge in [-0.2, -0.15) is 0 Å². The summed E-state index contributed by atoms with van der Waals surface area (Å²) in [5.41, 5.74) is 1.18. The summed E-state index contributed by atoms with van der Waals surface area (Å²) in [6.45, 7) is 7.16. The van der Waals surface area contributed by atoms with Crippen LogP contribution in [0.25, 0.3) is 0 Å². The standard InChI is InChI=1S/C25H34NO.BrH/c1-2-3-4-11-18-26-19-16-24(21-26,17-20-26)25(27,22-12-7-5-8-13-22)23-14-9-6-10-15-23;/h5-10,12-15,27H,2-4,11,16-21H2,1H3;1H/q+1;/p-1. The molecule has 4 rings (SSSR count). The fraction of sp³-hybridized carbons (Fsp3) is 0.520. The number of hydrogen-bond donors (Lipinski definition) is 1. The van der Waals surface area contributed by atoms with Crippen molar-refractivity contribution >= 4 is 0 Å². The van der Waals surface area contributed by atoms with Gasteiger partial charge in [-0.3, -0.25) is 0 Å². The van der Waals surface area contributed by atoms with Gasteiger partial charge in [-0.15, -0.1) is 0 Å². The Balaban J connectivity index is 0.00000225. The highest BCUT2D eigenvalue weighted by molar-refractivity contribution is 5.39. The summed E-state index contributed by atoms with van der Waals surface area (Å²) < 4.78 is 1.23. The summed E-state index contributed by atoms with van der Waals surface area (Å²) >= 11 is 0. The van der Waals surface area contributed by atoms with Gasteiger partial charge in [0.15, 0.2) is 0 Å². The summed E-state index contributed by atoms with van der Waals surface area (Å²) in [7, 11) is 0. The van der Waals surface area contributed by atoms with E-state index in [2.05, 4.69) is 55.5 Å². The van der Waals surface area contributed by atoms with Crippen molar-refractivity contribution in [1.82, 2.24) is 0 Å². The minimum atomic E-state index is -0.893. The molecule has 152 valence electrons. The van der Waals surface area contributed by atoms with Crippen molar-refractivity contribution in [2.75, 3.05) is 26.2 Å². The molecule has 2 bridgehead atoms. The Kier molecular flexibility index (Phi) is 6.69. The number of quaternary nitrogens is 1. The Morgan fingerprint density at radius 3 is 1.89 bits per heavy atom. The number of halogens is 1. The molecule has 0 aliphatic carbocycles. The van der Waals surface area contributed by atoms with Crippen LogP contribution in [0.4, 0.5) is 0 Å². The summed E-state index contributed by atoms with van der Waals surface area (Å²) in [6.07, 6.45) is 7.58. The zero-order valence-corrected chi connectivity index (χ0v) is 18.7. The van der Waals surface area contributed by atoms with E-state index in [1.165, 1.54) is 49.8 Å². The lowest BCUT2D eigenvalue weighted by Crippen LogP contribution is -3.00. The van der Waals surface area contributed by atoms with E-state index in [0.29, 0.717) is 0 Å². The lowest BCUT2D eigenvalue weighted by molar-refractivity contribution is -0.909. The van der Waals surface area contributed by atoms with Crippen molar-refractivity contribution < 1.29 is 26.6 Å². The van der Waals surface area contributed by atoms with Crippen LogP contribution in [-0.4, -0.2) is 35.8 Å². The second kappa shape index (κ2) is 8.69. The molecule has 0 spiro atoms. The molecule has 2 fully saturated rings. The van der Waals surface area contributed by atoms with E-state index in [1.807, 2.05) is 12.1 Å². The van der Waals surface area contributed by atoms with Gasteiger partial charge in [0.05, 0.1) is 31.6 Å². The molecule has 2 aromatic carbocycles. The Hall–Kier alpha value is -1.16. The molecule has 0 unspecified atom stereocenters. The smallest absolute Gasteiger partial charge is 0.126 e. The van der Waals surface area contributed by atoms with Gasteiger partial charge in [0.1, 0.15) is 5.60 Å². The van der Waals surface area contributed by atoms with Gasteiger partial charge in [0.25, 0.3) is 0 Å². The van der Waals surface area contributed by atoms with Crippen LogP contribution in [0, 0.1) is 5.41 Å². The predicted octanol–water partition coefficient (Wildman–Crippen LogP) is 2.12. The van der Waals surface area contributed by atoms with Crippen LogP contribution in [0.3, 0.4) is 0 Å². The van der Waals surface area contributed by atoms with Gasteiger partial charge >= 0.3 is 0 Å². The highest BCUT2D eigenvalue weighted by atomic mass is 79.9. The maximum Gasteiger partial charge on any atom is 0.126 e. The molecule has 28 heavy (non-hydrogen) atoms. The van der Waals surface area contributed by atoms with Crippen molar-refractivity contribution in [2.24, 2.45) is 5.41 Å². The molecule has 0 atom stereocenters. The fourth-order valence-corrected chi connectivity index (χ4v) is 5.89. The molecule has 0 aromatic heterocycles. The Morgan fingerprint density at radius 1 is 0.857 bits per heavy atom. The van der Waals surface area contributed by atoms with E-state index < -0.39 is 5.60 Å². The quantitative estimate of drug-likeness (QED) is 0.489. The Bertz CT molecular complexity index is 698. The first kappa shape index (κ1) is 21.5. The number of benzene rings is 2. The fourth-order valence-electron chi connectivity index (χ4n) is 5.89. The normalized spacial score (nSPS) is 26.2. The molecule has 0 saturated carbocycles. The number of hydrogen-bond acceptors (Lipinski definition) is 1. The SMILES string of the molecule is CCCCCC[N+]12CCC(C(O)(c3ccccc3)c3ccccc3)(CC1)C2.[Br-]. The maximum atomic E-state index is 12.3. The van der Waals surface area contributed by atoms with Crippen LogP contribution in [-0.2, 0) is 5.60 Å². The molecule has 2 saturated heterocycles. The third-order valence-electron chi connectivity index (χ3n) is 7.40. The van der Waals surface area contributed by atoms with E-state index in [0.717, 1.165) is 30.5 Å². The summed E-state index contributed by atoms with van der Waals surface area (Å²) in [6, 6.07) is 20.8. The van der Waals surface area contributed by atoms with Crippen molar-refractivity contribution in [2.45, 2.75) is 51.0 Å². The molecule has 2 aliphatic rings. The first-order chi connectivity index (χ1) is 13.1. The molecule has 2 aromatic rings. The minimum Gasteiger partial charge on any atom is -1.00 e. The minimum absolute atomic E-state index is 0. The molecular formula is C25H34BrNO. The maximum absolute atomic E-state index is 12.3. The van der Waals surface area contributed by atoms with Crippen molar-refractivity contribution in [1.29, 1.82) is 0 Å². The van der Waals surface area contributed by atoms with E-state index in [1.54, 1.807) is 0 Å². The summed E-state index contributed by atoms with van der Waals surface area (Å²) in [4.78, 5) is 0. The molecule has 0 amide bonds. The van der Waals surface area contributed by atoms with Crippen LogP contribution in [0.5, 0.6) is 0 Å². The highest BCUT2D eigenvalue weighted by Gasteiger charge is 2.65. The molecule has 0 radical (unpaired) electrons. The zero-order chi connectivity index (χ0) is 18.8. The number of rotatable bonds is 8. The van der Waals surface area contributed by atoms with Crippen LogP contribution >= 0.6 is 0 Å². The van der Waals surface area contributed by atoms with Gasteiger partial charge in [0.2, 0.25) is 0 Å². The molecule has 3 heteroatoms. The van der Waals surface area contributed by atoms with Crippen molar-refractivity contribution in [3.05, 3.63) is 71.8 Å². The van der Waals surface area contributed by atoms with Crippen molar-refractivity contribution in [3.8, 4) is 0 Å². The van der Waals surface area contributed by atoms with Gasteiger partial charge in [0, 0.05) is 12.8 Å². The predicted molar refractivity (Wildman–Crippen MR) is 111 cm³/mol. The average Bonchev–Trinajstić information content (AvgIpc) is 3.30. The third kappa shape index (κ3) is 3.58. The average molecular weight is 444 g/mol. The molecule has 1 N–H and O–H groups in total. The monoisotopic (exact) mass is 443 g/mol. The third-order valence-corrected chi connectivity index (χ3v) is 7.40. The van der Waals surface area contributed by atoms with E-state index >= 15 is 0 Å². The lowest BCUT2D eigenvalue weighted by Gasteiger charge is -2.42. The highest BCUT2D eigenvalue weighted by Crippen LogP contribution is 2.58. The first-order valence-electron chi connectivity index (χ1n) is 10.8. The molecule has 2 heterocycles. The first-order valence-corrected chi connectivity index (χ1v) is 10.8. The number of fused-ring (bicyclic) bond motifs is 2. The lowest BCUT2D eigenvalue weighted by atomic mass is 9.63. The number of aliphatic hydroxyl groups is 1. The zero-order valence-electron chi connectivity index (χ0n) is 17.1. The molecule has 2 nitrogen and oxygen atoms in total. The summed E-state index contributed by atoms with van der Waals surface area (Å²) in [5.74, 6) is 0. The number of unbranched alkanes of at least 4 members (excludes halogenated alkanes) is 3. The van der Waals surface area contributed by atoms with Gasteiger partial charge in [-0.25, -0.2) is 0 Å². The van der Waals surface area contributed by atoms with Gasteiger partial charge in [-0.05, 0) is 24.0 Å². The van der Waals surface area contributed by atoms with E-state index in [-0.39, 0.29) is 22.4 Å². The topological polar surface area (TPSA) is 20.2 Å². The Labute approximate surface area is 180 Å². The van der Waals surface area contributed by atoms with Gasteiger partial charge in [-0.1, -0.05) is 80.4 Å². The second-order valence-electron chi connectivity index (χ2n) is 8.95. The number of piperidine rings is 1. The van der Waals surface area contributed by atoms with Crippen molar-refractivity contribution in [3.63, 3.8) is 0 Å². The molecule has 2 aliphatic heterocycles. The van der Waals surface area contributed by atoms with E-state index in [4.69, 9.17) is 0 Å². The van der Waals surface area contributed by atoms with E-state index in [9.17, 15) is 5.11 Å².